The maximum Gasteiger partial charge on any atom is 0.227 e. The molecule has 0 amide bonds. The number of azo groups is 1. The third kappa shape index (κ3) is 5.13. The van der Waals surface area contributed by atoms with Crippen LogP contribution >= 0.6 is 11.6 Å². The van der Waals surface area contributed by atoms with Gasteiger partial charge in [-0.05, 0) is 91.7 Å². The molecule has 5 aromatic rings. The number of phenols is 1. The lowest BCUT2D eigenvalue weighted by molar-refractivity contribution is 0.474. The Morgan fingerprint density at radius 3 is 2.46 bits per heavy atom. The Morgan fingerprint density at radius 2 is 1.63 bits per heavy atom. The van der Waals surface area contributed by atoms with E-state index in [0.717, 1.165) is 33.5 Å². The summed E-state index contributed by atoms with van der Waals surface area (Å²) in [4.78, 5) is 9.22. The molecule has 7 heteroatoms. The first-order chi connectivity index (χ1) is 16.9. The van der Waals surface area contributed by atoms with Crippen molar-refractivity contribution in [1.29, 1.82) is 0 Å². The highest BCUT2D eigenvalue weighted by Gasteiger charge is 2.10. The van der Waals surface area contributed by atoms with Gasteiger partial charge in [0, 0.05) is 22.4 Å². The Balaban J connectivity index is 1.42. The van der Waals surface area contributed by atoms with Crippen molar-refractivity contribution in [3.8, 4) is 17.2 Å². The van der Waals surface area contributed by atoms with Crippen molar-refractivity contribution in [3.63, 3.8) is 0 Å². The smallest absolute Gasteiger partial charge is 0.227 e. The van der Waals surface area contributed by atoms with Crippen molar-refractivity contribution in [2.24, 2.45) is 15.2 Å². The summed E-state index contributed by atoms with van der Waals surface area (Å²) in [5.41, 5.74) is 7.02. The van der Waals surface area contributed by atoms with Gasteiger partial charge in [-0.2, -0.15) is 10.2 Å². The van der Waals surface area contributed by atoms with Crippen LogP contribution in [-0.4, -0.2) is 16.3 Å². The Morgan fingerprint density at radius 1 is 0.857 bits per heavy atom. The minimum absolute atomic E-state index is 0.0994. The molecule has 0 aliphatic carbocycles. The van der Waals surface area contributed by atoms with Crippen LogP contribution in [0.3, 0.4) is 0 Å². The van der Waals surface area contributed by atoms with Crippen LogP contribution < -0.4 is 0 Å². The number of aromatic hydroxyl groups is 1. The van der Waals surface area contributed by atoms with Gasteiger partial charge in [0.25, 0.3) is 0 Å². The highest BCUT2D eigenvalue weighted by Crippen LogP contribution is 2.30. The molecule has 0 spiro atoms. The number of hydrogen-bond acceptors (Lipinski definition) is 6. The van der Waals surface area contributed by atoms with Crippen molar-refractivity contribution in [1.82, 2.24) is 4.98 Å². The lowest BCUT2D eigenvalue weighted by Gasteiger charge is -2.04. The first-order valence-corrected chi connectivity index (χ1v) is 11.3. The second-order valence-electron chi connectivity index (χ2n) is 8.17. The van der Waals surface area contributed by atoms with Crippen LogP contribution in [0.2, 0.25) is 5.02 Å². The molecule has 0 bridgehead atoms. The molecule has 0 fully saturated rings. The van der Waals surface area contributed by atoms with Crippen LogP contribution in [-0.2, 0) is 0 Å². The van der Waals surface area contributed by atoms with Gasteiger partial charge in [-0.25, -0.2) is 4.98 Å². The van der Waals surface area contributed by atoms with Crippen molar-refractivity contribution in [2.75, 3.05) is 0 Å². The quantitative estimate of drug-likeness (QED) is 0.202. The standard InChI is InChI=1S/C28H21ClN4O2/c1-17-3-11-24-27(13-17)35-28(31-24)19-5-4-18(2)25(15-19)30-16-20-14-23(10-12-26(20)34)33-32-22-8-6-21(29)7-9-22/h3-16,34H,1-2H3. The second kappa shape index (κ2) is 9.52. The summed E-state index contributed by atoms with van der Waals surface area (Å²) < 4.78 is 5.96. The number of fused-ring (bicyclic) bond motifs is 1. The molecule has 4 aromatic carbocycles. The van der Waals surface area contributed by atoms with E-state index in [1.54, 1.807) is 48.7 Å². The number of nitrogens with zero attached hydrogens (tertiary/aromatic N) is 4. The Labute approximate surface area is 207 Å². The third-order valence-corrected chi connectivity index (χ3v) is 5.71. The van der Waals surface area contributed by atoms with Crippen molar-refractivity contribution < 1.29 is 9.52 Å². The van der Waals surface area contributed by atoms with Gasteiger partial charge in [-0.3, -0.25) is 4.99 Å². The van der Waals surface area contributed by atoms with Crippen LogP contribution in [0.5, 0.6) is 5.75 Å². The fourth-order valence-electron chi connectivity index (χ4n) is 3.51. The number of oxazole rings is 1. The molecule has 6 nitrogen and oxygen atoms in total. The Bertz CT molecular complexity index is 1590. The van der Waals surface area contributed by atoms with Gasteiger partial charge in [0.1, 0.15) is 11.3 Å². The fraction of sp³-hybridized carbons (Fsp3) is 0.0714. The molecular weight excluding hydrogens is 460 g/mol. The summed E-state index contributed by atoms with van der Waals surface area (Å²) in [6.07, 6.45) is 1.61. The van der Waals surface area contributed by atoms with Gasteiger partial charge in [-0.15, -0.1) is 0 Å². The fourth-order valence-corrected chi connectivity index (χ4v) is 3.63. The summed E-state index contributed by atoms with van der Waals surface area (Å²) in [5, 5.41) is 19.4. The van der Waals surface area contributed by atoms with Gasteiger partial charge < -0.3 is 9.52 Å². The van der Waals surface area contributed by atoms with Gasteiger partial charge in [0.2, 0.25) is 5.89 Å². The van der Waals surface area contributed by atoms with E-state index < -0.39 is 0 Å². The Hall–Kier alpha value is -4.29. The first kappa shape index (κ1) is 22.5. The monoisotopic (exact) mass is 480 g/mol. The highest BCUT2D eigenvalue weighted by molar-refractivity contribution is 6.30. The summed E-state index contributed by atoms with van der Waals surface area (Å²) in [7, 11) is 0. The lowest BCUT2D eigenvalue weighted by Crippen LogP contribution is -1.84. The largest absolute Gasteiger partial charge is 0.507 e. The molecule has 1 heterocycles. The van der Waals surface area contributed by atoms with Gasteiger partial charge in [-0.1, -0.05) is 23.7 Å². The van der Waals surface area contributed by atoms with Crippen molar-refractivity contribution in [2.45, 2.75) is 13.8 Å². The van der Waals surface area contributed by atoms with Crippen LogP contribution in [0, 0.1) is 13.8 Å². The molecule has 172 valence electrons. The van der Waals surface area contributed by atoms with Crippen LogP contribution in [0.15, 0.2) is 98.5 Å². The predicted molar refractivity (Wildman–Crippen MR) is 140 cm³/mol. The van der Waals surface area contributed by atoms with E-state index in [9.17, 15) is 5.11 Å². The average Bonchev–Trinajstić information content (AvgIpc) is 3.27. The van der Waals surface area contributed by atoms with E-state index in [1.807, 2.05) is 50.2 Å². The number of benzene rings is 4. The average molecular weight is 481 g/mol. The minimum atomic E-state index is 0.0994. The van der Waals surface area contributed by atoms with Crippen molar-refractivity contribution >= 4 is 46.0 Å². The number of phenolic OH excluding ortho intramolecular Hbond substituents is 1. The SMILES string of the molecule is Cc1ccc2nc(-c3ccc(C)c(N=Cc4cc(N=Nc5ccc(Cl)cc5)ccc4O)c3)oc2c1. The van der Waals surface area contributed by atoms with Crippen LogP contribution in [0.25, 0.3) is 22.6 Å². The van der Waals surface area contributed by atoms with Crippen LogP contribution in [0.1, 0.15) is 16.7 Å². The number of hydrogen-bond donors (Lipinski definition) is 1. The molecule has 0 unspecified atom stereocenters. The third-order valence-electron chi connectivity index (χ3n) is 5.46. The number of aliphatic imine (C=N–C) groups is 1. The summed E-state index contributed by atoms with van der Waals surface area (Å²) >= 11 is 5.91. The minimum Gasteiger partial charge on any atom is -0.507 e. The predicted octanol–water partition coefficient (Wildman–Crippen LogP) is 8.64. The normalized spacial score (nSPS) is 11.7. The molecule has 0 aliphatic rings. The van der Waals surface area contributed by atoms with E-state index in [1.165, 1.54) is 0 Å². The molecule has 0 saturated carbocycles. The molecular formula is C28H21ClN4O2. The molecule has 1 aromatic heterocycles. The maximum atomic E-state index is 10.3. The van der Waals surface area contributed by atoms with E-state index in [4.69, 9.17) is 16.0 Å². The summed E-state index contributed by atoms with van der Waals surface area (Å²) in [5.74, 6) is 0.636. The summed E-state index contributed by atoms with van der Waals surface area (Å²) in [6, 6.07) is 23.8. The lowest BCUT2D eigenvalue weighted by atomic mass is 10.1. The number of aromatic nitrogens is 1. The van der Waals surface area contributed by atoms with Gasteiger partial charge in [0.05, 0.1) is 17.1 Å². The van der Waals surface area contributed by atoms with Gasteiger partial charge in [0.15, 0.2) is 5.58 Å². The van der Waals surface area contributed by atoms with E-state index in [0.29, 0.717) is 27.9 Å². The zero-order valence-corrected chi connectivity index (χ0v) is 19.9. The van der Waals surface area contributed by atoms with E-state index >= 15 is 0 Å². The molecule has 0 saturated heterocycles. The van der Waals surface area contributed by atoms with Gasteiger partial charge >= 0.3 is 0 Å². The van der Waals surface area contributed by atoms with E-state index in [2.05, 4.69) is 20.2 Å². The molecule has 1 N–H and O–H groups in total. The second-order valence-corrected chi connectivity index (χ2v) is 8.61. The molecule has 5 rings (SSSR count). The van der Waals surface area contributed by atoms with Crippen LogP contribution in [0.4, 0.5) is 17.1 Å². The molecule has 35 heavy (non-hydrogen) atoms. The summed E-state index contributed by atoms with van der Waals surface area (Å²) in [6.45, 7) is 3.99. The maximum absolute atomic E-state index is 10.3. The first-order valence-electron chi connectivity index (χ1n) is 11.0. The zero-order chi connectivity index (χ0) is 24.4. The highest BCUT2D eigenvalue weighted by atomic mass is 35.5. The van der Waals surface area contributed by atoms with Crippen molar-refractivity contribution in [3.05, 3.63) is 101 Å². The topological polar surface area (TPSA) is 83.3 Å². The number of halogens is 1. The Kier molecular flexibility index (Phi) is 6.12. The molecule has 0 radical (unpaired) electrons. The number of aryl methyl sites for hydroxylation is 2. The molecule has 0 atom stereocenters. The zero-order valence-electron chi connectivity index (χ0n) is 19.1. The molecule has 0 aliphatic heterocycles. The van der Waals surface area contributed by atoms with E-state index in [-0.39, 0.29) is 5.75 Å². The number of rotatable bonds is 5.